The smallest absolute Gasteiger partial charge is 0.111 e. The van der Waals surface area contributed by atoms with E-state index in [0.29, 0.717) is 0 Å². The molecule has 0 bridgehead atoms. The maximum absolute atomic E-state index is 9.27. The predicted octanol–water partition coefficient (Wildman–Crippen LogP) is -2.93. The van der Waals surface area contributed by atoms with Gasteiger partial charge in [0.25, 0.3) is 0 Å². The molecule has 0 unspecified atom stereocenters. The first-order valence-corrected chi connectivity index (χ1v) is 3.87. The Kier molecular flexibility index (Phi) is 6.13. The van der Waals surface area contributed by atoms with E-state index in [-0.39, 0.29) is 0 Å². The van der Waals surface area contributed by atoms with E-state index in [2.05, 4.69) is 4.74 Å². The second-order valence-electron chi connectivity index (χ2n) is 2.69. The molecule has 0 rings (SSSR count). The maximum atomic E-state index is 9.27. The van der Waals surface area contributed by atoms with Crippen LogP contribution in [0.4, 0.5) is 0 Å². The molecular formula is C7H16O6. The Morgan fingerprint density at radius 2 is 1.54 bits per heavy atom. The van der Waals surface area contributed by atoms with Gasteiger partial charge in [-0.1, -0.05) is 0 Å². The zero-order valence-electron chi connectivity index (χ0n) is 7.37. The van der Waals surface area contributed by atoms with E-state index in [1.54, 1.807) is 0 Å². The number of aliphatic hydroxyl groups is 5. The van der Waals surface area contributed by atoms with Crippen molar-refractivity contribution in [2.24, 2.45) is 0 Å². The second-order valence-corrected chi connectivity index (χ2v) is 2.69. The van der Waals surface area contributed by atoms with Crippen LogP contribution in [0.25, 0.3) is 0 Å². The molecule has 0 spiro atoms. The lowest BCUT2D eigenvalue weighted by atomic mass is 10.0. The number of rotatable bonds is 6. The Balaban J connectivity index is 4.13. The molecule has 0 saturated heterocycles. The fourth-order valence-corrected chi connectivity index (χ4v) is 0.877. The molecule has 0 aromatic heterocycles. The summed E-state index contributed by atoms with van der Waals surface area (Å²) in [6.07, 6.45) is -5.39. The van der Waals surface area contributed by atoms with Crippen LogP contribution in [0.5, 0.6) is 0 Å². The van der Waals surface area contributed by atoms with E-state index >= 15 is 0 Å². The number of methoxy groups -OCH3 is 1. The van der Waals surface area contributed by atoms with Crippen LogP contribution in [0.15, 0.2) is 0 Å². The minimum atomic E-state index is -1.54. The summed E-state index contributed by atoms with van der Waals surface area (Å²) in [5, 5.41) is 44.5. The molecular weight excluding hydrogens is 180 g/mol. The summed E-state index contributed by atoms with van der Waals surface area (Å²) in [4.78, 5) is 0. The molecule has 0 aromatic carbocycles. The first-order valence-electron chi connectivity index (χ1n) is 3.87. The van der Waals surface area contributed by atoms with Gasteiger partial charge in [0.1, 0.15) is 24.4 Å². The third-order valence-electron chi connectivity index (χ3n) is 1.79. The highest BCUT2D eigenvalue weighted by Gasteiger charge is 2.30. The molecule has 0 aliphatic carbocycles. The number of ether oxygens (including phenoxy) is 1. The van der Waals surface area contributed by atoms with Crippen LogP contribution in [0, 0.1) is 0 Å². The lowest BCUT2D eigenvalue weighted by molar-refractivity contribution is -0.132. The van der Waals surface area contributed by atoms with E-state index in [1.807, 2.05) is 0 Å². The topological polar surface area (TPSA) is 110 Å². The van der Waals surface area contributed by atoms with Gasteiger partial charge in [0.05, 0.1) is 13.2 Å². The molecule has 0 fully saturated rings. The third-order valence-corrected chi connectivity index (χ3v) is 1.79. The standard InChI is InChI=1S/C7H16O6/c1-13-5(3-9)7(12)6(11)4(10)2-8/h4-12H,2-3H2,1H3/t4-,5+,6+,7-/m1/s1. The van der Waals surface area contributed by atoms with Crippen molar-refractivity contribution in [1.29, 1.82) is 0 Å². The highest BCUT2D eigenvalue weighted by atomic mass is 16.5. The summed E-state index contributed by atoms with van der Waals surface area (Å²) in [7, 11) is 1.25. The normalized spacial score (nSPS) is 20.8. The van der Waals surface area contributed by atoms with Crippen molar-refractivity contribution in [2.75, 3.05) is 20.3 Å². The van der Waals surface area contributed by atoms with Gasteiger partial charge in [0.2, 0.25) is 0 Å². The second kappa shape index (κ2) is 6.25. The van der Waals surface area contributed by atoms with Crippen LogP contribution in [-0.4, -0.2) is 70.3 Å². The largest absolute Gasteiger partial charge is 0.394 e. The fraction of sp³-hybridized carbons (Fsp3) is 1.00. The van der Waals surface area contributed by atoms with Crippen molar-refractivity contribution >= 4 is 0 Å². The first-order chi connectivity index (χ1) is 6.08. The molecule has 5 N–H and O–H groups in total. The van der Waals surface area contributed by atoms with Crippen molar-refractivity contribution in [3.05, 3.63) is 0 Å². The number of aliphatic hydroxyl groups excluding tert-OH is 5. The Hall–Kier alpha value is -0.240. The molecule has 4 atom stereocenters. The summed E-state index contributed by atoms with van der Waals surface area (Å²) in [6.45, 7) is -1.15. The lowest BCUT2D eigenvalue weighted by Crippen LogP contribution is -2.47. The Labute approximate surface area is 76.0 Å². The average Bonchev–Trinajstić information content (AvgIpc) is 2.17. The van der Waals surface area contributed by atoms with Gasteiger partial charge in [-0.05, 0) is 0 Å². The van der Waals surface area contributed by atoms with Gasteiger partial charge < -0.3 is 30.3 Å². The van der Waals surface area contributed by atoms with E-state index in [4.69, 9.17) is 20.4 Å². The molecule has 0 aromatic rings. The van der Waals surface area contributed by atoms with Crippen molar-refractivity contribution in [3.8, 4) is 0 Å². The third kappa shape index (κ3) is 3.55. The van der Waals surface area contributed by atoms with Crippen LogP contribution in [0.2, 0.25) is 0 Å². The Morgan fingerprint density at radius 3 is 1.85 bits per heavy atom. The lowest BCUT2D eigenvalue weighted by Gasteiger charge is -2.26. The Bertz CT molecular complexity index is 126. The van der Waals surface area contributed by atoms with Crippen molar-refractivity contribution < 1.29 is 30.3 Å². The molecule has 13 heavy (non-hydrogen) atoms. The van der Waals surface area contributed by atoms with Gasteiger partial charge in [-0.3, -0.25) is 0 Å². The molecule has 80 valence electrons. The minimum absolute atomic E-state index is 0.479. The monoisotopic (exact) mass is 196 g/mol. The average molecular weight is 196 g/mol. The predicted molar refractivity (Wildman–Crippen MR) is 43.0 cm³/mol. The molecule has 0 aliphatic rings. The molecule has 0 radical (unpaired) electrons. The fourth-order valence-electron chi connectivity index (χ4n) is 0.877. The highest BCUT2D eigenvalue weighted by molar-refractivity contribution is 4.80. The SMILES string of the molecule is CO[C@@H](CO)[C@@H](O)[C@@H](O)[C@H](O)CO. The highest BCUT2D eigenvalue weighted by Crippen LogP contribution is 2.06. The first kappa shape index (κ1) is 12.8. The van der Waals surface area contributed by atoms with Crippen LogP contribution >= 0.6 is 0 Å². The van der Waals surface area contributed by atoms with Crippen molar-refractivity contribution in [1.82, 2.24) is 0 Å². The summed E-state index contributed by atoms with van der Waals surface area (Å²) < 4.78 is 4.62. The molecule has 6 heteroatoms. The van der Waals surface area contributed by atoms with Crippen LogP contribution in [0.1, 0.15) is 0 Å². The van der Waals surface area contributed by atoms with Gasteiger partial charge in [-0.2, -0.15) is 0 Å². The molecule has 0 heterocycles. The molecule has 0 aliphatic heterocycles. The van der Waals surface area contributed by atoms with E-state index in [9.17, 15) is 5.11 Å². The molecule has 6 nitrogen and oxygen atoms in total. The van der Waals surface area contributed by atoms with Gasteiger partial charge >= 0.3 is 0 Å². The number of hydrogen-bond acceptors (Lipinski definition) is 6. The molecule has 0 saturated carbocycles. The van der Waals surface area contributed by atoms with Crippen LogP contribution < -0.4 is 0 Å². The van der Waals surface area contributed by atoms with E-state index < -0.39 is 37.6 Å². The van der Waals surface area contributed by atoms with E-state index in [1.165, 1.54) is 7.11 Å². The number of hydrogen-bond donors (Lipinski definition) is 5. The zero-order valence-corrected chi connectivity index (χ0v) is 7.37. The van der Waals surface area contributed by atoms with Gasteiger partial charge in [0, 0.05) is 7.11 Å². The summed E-state index contributed by atoms with van der Waals surface area (Å²) >= 11 is 0. The zero-order chi connectivity index (χ0) is 10.4. The maximum Gasteiger partial charge on any atom is 0.111 e. The summed E-state index contributed by atoms with van der Waals surface area (Å²) in [6, 6.07) is 0. The van der Waals surface area contributed by atoms with Crippen molar-refractivity contribution in [3.63, 3.8) is 0 Å². The van der Waals surface area contributed by atoms with Gasteiger partial charge in [0.15, 0.2) is 0 Å². The van der Waals surface area contributed by atoms with E-state index in [0.717, 1.165) is 0 Å². The van der Waals surface area contributed by atoms with Gasteiger partial charge in [-0.25, -0.2) is 0 Å². The summed E-state index contributed by atoms with van der Waals surface area (Å²) in [5.41, 5.74) is 0. The van der Waals surface area contributed by atoms with Crippen molar-refractivity contribution in [2.45, 2.75) is 24.4 Å². The molecule has 0 amide bonds. The van der Waals surface area contributed by atoms with Crippen LogP contribution in [0.3, 0.4) is 0 Å². The Morgan fingerprint density at radius 1 is 1.00 bits per heavy atom. The minimum Gasteiger partial charge on any atom is -0.394 e. The van der Waals surface area contributed by atoms with Crippen LogP contribution in [-0.2, 0) is 4.74 Å². The quantitative estimate of drug-likeness (QED) is 0.311. The summed E-state index contributed by atoms with van der Waals surface area (Å²) in [5.74, 6) is 0. The van der Waals surface area contributed by atoms with Gasteiger partial charge in [-0.15, -0.1) is 0 Å².